The number of aromatic hydroxyl groups is 1. The molecule has 106 valence electrons. The first-order valence-corrected chi connectivity index (χ1v) is 6.75. The average Bonchev–Trinajstić information content (AvgIpc) is 2.40. The number of aryl methyl sites for hydroxylation is 2. The highest BCUT2D eigenvalue weighted by Crippen LogP contribution is 2.26. The van der Waals surface area contributed by atoms with Gasteiger partial charge in [0.2, 0.25) is 0 Å². The quantitative estimate of drug-likeness (QED) is 0.876. The molecule has 2 rings (SSSR count). The van der Waals surface area contributed by atoms with E-state index in [1.165, 1.54) is 5.56 Å². The minimum absolute atomic E-state index is 0.275. The van der Waals surface area contributed by atoms with Gasteiger partial charge in [0.25, 0.3) is 0 Å². The molecule has 0 spiro atoms. The van der Waals surface area contributed by atoms with Crippen molar-refractivity contribution in [2.45, 2.75) is 27.0 Å². The average molecular weight is 271 g/mol. The van der Waals surface area contributed by atoms with Gasteiger partial charge in [-0.05, 0) is 55.3 Å². The molecule has 2 aromatic carbocycles. The summed E-state index contributed by atoms with van der Waals surface area (Å²) in [5, 5.41) is 12.4. The highest BCUT2D eigenvalue weighted by atomic mass is 16.5. The fourth-order valence-electron chi connectivity index (χ4n) is 2.32. The van der Waals surface area contributed by atoms with Gasteiger partial charge in [-0.25, -0.2) is 0 Å². The lowest BCUT2D eigenvalue weighted by molar-refractivity contribution is 0.301. The van der Waals surface area contributed by atoms with Gasteiger partial charge >= 0.3 is 0 Å². The van der Waals surface area contributed by atoms with Crippen LogP contribution in [0, 0.1) is 13.8 Å². The Bertz CT molecular complexity index is 553. The molecule has 2 N–H and O–H groups in total. The number of ether oxygens (including phenoxy) is 1. The summed E-state index contributed by atoms with van der Waals surface area (Å²) in [5.74, 6) is 1.22. The topological polar surface area (TPSA) is 41.5 Å². The standard InChI is InChI=1S/C17H21NO2/c1-12-8-15(10-18-3)9-13(2)17(12)20-11-14-4-6-16(19)7-5-14/h4-9,18-19H,10-11H2,1-3H3. The highest BCUT2D eigenvalue weighted by Gasteiger charge is 2.06. The van der Waals surface area contributed by atoms with Gasteiger partial charge in [0, 0.05) is 6.54 Å². The molecule has 0 aromatic heterocycles. The molecule has 0 amide bonds. The molecule has 0 atom stereocenters. The van der Waals surface area contributed by atoms with Crippen LogP contribution < -0.4 is 10.1 Å². The first-order valence-electron chi connectivity index (χ1n) is 6.75. The van der Waals surface area contributed by atoms with Crippen LogP contribution in [0.4, 0.5) is 0 Å². The van der Waals surface area contributed by atoms with Crippen LogP contribution in [0.1, 0.15) is 22.3 Å². The van der Waals surface area contributed by atoms with Crippen molar-refractivity contribution in [1.82, 2.24) is 5.32 Å². The van der Waals surface area contributed by atoms with E-state index in [0.29, 0.717) is 6.61 Å². The van der Waals surface area contributed by atoms with Crippen molar-refractivity contribution in [1.29, 1.82) is 0 Å². The second-order valence-electron chi connectivity index (χ2n) is 5.04. The van der Waals surface area contributed by atoms with E-state index in [0.717, 1.165) is 29.0 Å². The molecule has 3 heteroatoms. The number of phenols is 1. The summed E-state index contributed by atoms with van der Waals surface area (Å²) in [4.78, 5) is 0. The fourth-order valence-corrected chi connectivity index (χ4v) is 2.32. The Kier molecular flexibility index (Phi) is 4.64. The molecule has 0 bridgehead atoms. The Morgan fingerprint density at radius 2 is 1.60 bits per heavy atom. The molecule has 20 heavy (non-hydrogen) atoms. The number of phenolic OH excluding ortho intramolecular Hbond substituents is 1. The largest absolute Gasteiger partial charge is 0.508 e. The fraction of sp³-hybridized carbons (Fsp3) is 0.294. The van der Waals surface area contributed by atoms with Crippen molar-refractivity contribution in [2.75, 3.05) is 7.05 Å². The highest BCUT2D eigenvalue weighted by molar-refractivity contribution is 5.43. The van der Waals surface area contributed by atoms with Gasteiger partial charge in [-0.3, -0.25) is 0 Å². The smallest absolute Gasteiger partial charge is 0.125 e. The van der Waals surface area contributed by atoms with Crippen LogP contribution in [-0.2, 0) is 13.2 Å². The maximum Gasteiger partial charge on any atom is 0.125 e. The number of hydrogen-bond acceptors (Lipinski definition) is 3. The molecule has 0 saturated heterocycles. The van der Waals surface area contributed by atoms with Gasteiger partial charge in [-0.1, -0.05) is 24.3 Å². The predicted molar refractivity (Wildman–Crippen MR) is 81.1 cm³/mol. The van der Waals surface area contributed by atoms with Crippen LogP contribution in [0.3, 0.4) is 0 Å². The van der Waals surface area contributed by atoms with Crippen LogP contribution in [0.15, 0.2) is 36.4 Å². The molecule has 0 aliphatic heterocycles. The molecule has 0 heterocycles. The molecule has 0 aliphatic carbocycles. The van der Waals surface area contributed by atoms with E-state index in [-0.39, 0.29) is 5.75 Å². The maximum absolute atomic E-state index is 9.26. The normalized spacial score (nSPS) is 10.6. The summed E-state index contributed by atoms with van der Waals surface area (Å²) in [6.07, 6.45) is 0. The summed E-state index contributed by atoms with van der Waals surface area (Å²) < 4.78 is 5.92. The van der Waals surface area contributed by atoms with Crippen molar-refractivity contribution in [2.24, 2.45) is 0 Å². The van der Waals surface area contributed by atoms with E-state index in [1.54, 1.807) is 12.1 Å². The third kappa shape index (κ3) is 3.52. The number of hydrogen-bond donors (Lipinski definition) is 2. The SMILES string of the molecule is CNCc1cc(C)c(OCc2ccc(O)cc2)c(C)c1. The lowest BCUT2D eigenvalue weighted by atomic mass is 10.1. The van der Waals surface area contributed by atoms with E-state index >= 15 is 0 Å². The van der Waals surface area contributed by atoms with Gasteiger partial charge < -0.3 is 15.2 Å². The molecule has 0 aliphatic rings. The summed E-state index contributed by atoms with van der Waals surface area (Å²) in [6.45, 7) is 5.50. The zero-order valence-electron chi connectivity index (χ0n) is 12.2. The summed E-state index contributed by atoms with van der Waals surface area (Å²) in [7, 11) is 1.94. The zero-order valence-corrected chi connectivity index (χ0v) is 12.2. The molecule has 2 aromatic rings. The number of nitrogens with one attached hydrogen (secondary N) is 1. The Hall–Kier alpha value is -2.00. The molecule has 3 nitrogen and oxygen atoms in total. The molecule has 0 saturated carbocycles. The lowest BCUT2D eigenvalue weighted by Crippen LogP contribution is -2.06. The zero-order chi connectivity index (χ0) is 14.5. The van der Waals surface area contributed by atoms with E-state index in [1.807, 2.05) is 19.2 Å². The second-order valence-corrected chi connectivity index (χ2v) is 5.04. The summed E-state index contributed by atoms with van der Waals surface area (Å²) >= 11 is 0. The molecule has 0 fully saturated rings. The van der Waals surface area contributed by atoms with Gasteiger partial charge in [0.1, 0.15) is 18.1 Å². The van der Waals surface area contributed by atoms with Gasteiger partial charge in [-0.15, -0.1) is 0 Å². The summed E-state index contributed by atoms with van der Waals surface area (Å²) in [6, 6.07) is 11.4. The van der Waals surface area contributed by atoms with Crippen molar-refractivity contribution >= 4 is 0 Å². The predicted octanol–water partition coefficient (Wildman–Crippen LogP) is 3.31. The maximum atomic E-state index is 9.26. The van der Waals surface area contributed by atoms with Crippen LogP contribution in [0.25, 0.3) is 0 Å². The minimum atomic E-state index is 0.275. The second kappa shape index (κ2) is 6.44. The van der Waals surface area contributed by atoms with E-state index < -0.39 is 0 Å². The molecule has 0 unspecified atom stereocenters. The van der Waals surface area contributed by atoms with Crippen LogP contribution in [0.5, 0.6) is 11.5 Å². The van der Waals surface area contributed by atoms with Gasteiger partial charge in [0.05, 0.1) is 0 Å². The minimum Gasteiger partial charge on any atom is -0.508 e. The van der Waals surface area contributed by atoms with Crippen LogP contribution in [-0.4, -0.2) is 12.2 Å². The van der Waals surface area contributed by atoms with Crippen molar-refractivity contribution in [3.8, 4) is 11.5 Å². The summed E-state index contributed by atoms with van der Waals surface area (Å²) in [5.41, 5.74) is 4.60. The third-order valence-electron chi connectivity index (χ3n) is 3.22. The van der Waals surface area contributed by atoms with Gasteiger partial charge in [0.15, 0.2) is 0 Å². The first kappa shape index (κ1) is 14.4. The molecule has 0 radical (unpaired) electrons. The number of rotatable bonds is 5. The van der Waals surface area contributed by atoms with E-state index in [4.69, 9.17) is 4.74 Å². The van der Waals surface area contributed by atoms with Crippen LogP contribution in [0.2, 0.25) is 0 Å². The van der Waals surface area contributed by atoms with E-state index in [2.05, 4.69) is 31.3 Å². The Morgan fingerprint density at radius 3 is 2.15 bits per heavy atom. The monoisotopic (exact) mass is 271 g/mol. The molecular formula is C17H21NO2. The lowest BCUT2D eigenvalue weighted by Gasteiger charge is -2.14. The molecular weight excluding hydrogens is 250 g/mol. The van der Waals surface area contributed by atoms with Crippen LogP contribution >= 0.6 is 0 Å². The Balaban J connectivity index is 2.11. The van der Waals surface area contributed by atoms with E-state index in [9.17, 15) is 5.11 Å². The first-order chi connectivity index (χ1) is 9.60. The Labute approximate surface area is 120 Å². The Morgan fingerprint density at radius 1 is 1.00 bits per heavy atom. The number of benzene rings is 2. The van der Waals surface area contributed by atoms with Crippen molar-refractivity contribution in [3.63, 3.8) is 0 Å². The van der Waals surface area contributed by atoms with Crippen molar-refractivity contribution in [3.05, 3.63) is 58.7 Å². The third-order valence-corrected chi connectivity index (χ3v) is 3.22. The van der Waals surface area contributed by atoms with Gasteiger partial charge in [-0.2, -0.15) is 0 Å². The van der Waals surface area contributed by atoms with Crippen molar-refractivity contribution < 1.29 is 9.84 Å².